The third kappa shape index (κ3) is 4.79. The third-order valence-electron chi connectivity index (χ3n) is 6.49. The summed E-state index contributed by atoms with van der Waals surface area (Å²) >= 11 is 6.16. The standard InChI is InChI=1S/C24H31ClN4O2/c1-17(2)23-21(16-26-29(23)20-9-5-8-19(25)15-20)24(31)28-12-10-27(11-13-28)22(30)14-18-6-3-4-7-18/h5,8-9,15-18H,3-4,6-7,10-14H2,1-2H3. The second-order valence-corrected chi connectivity index (χ2v) is 9.45. The number of amides is 2. The Kier molecular flexibility index (Phi) is 6.65. The number of carbonyl (C=O) groups is 2. The summed E-state index contributed by atoms with van der Waals surface area (Å²) in [5.74, 6) is 0.906. The second kappa shape index (κ2) is 9.43. The number of halogens is 1. The second-order valence-electron chi connectivity index (χ2n) is 9.02. The highest BCUT2D eigenvalue weighted by atomic mass is 35.5. The molecule has 2 heterocycles. The Morgan fingerprint density at radius 1 is 1.10 bits per heavy atom. The van der Waals surface area contributed by atoms with E-state index in [0.717, 1.165) is 11.4 Å². The summed E-state index contributed by atoms with van der Waals surface area (Å²) < 4.78 is 1.81. The van der Waals surface area contributed by atoms with Gasteiger partial charge in [0.2, 0.25) is 5.91 Å². The van der Waals surface area contributed by atoms with Gasteiger partial charge in [-0.05, 0) is 42.9 Å². The molecule has 1 aromatic heterocycles. The van der Waals surface area contributed by atoms with Crippen LogP contribution in [0.5, 0.6) is 0 Å². The fourth-order valence-electron chi connectivity index (χ4n) is 4.81. The van der Waals surface area contributed by atoms with Gasteiger partial charge in [-0.3, -0.25) is 9.59 Å². The van der Waals surface area contributed by atoms with Crippen LogP contribution < -0.4 is 0 Å². The zero-order valence-corrected chi connectivity index (χ0v) is 19.1. The van der Waals surface area contributed by atoms with Crippen LogP contribution in [0, 0.1) is 5.92 Å². The van der Waals surface area contributed by atoms with Crippen LogP contribution in [0.1, 0.15) is 67.9 Å². The first kappa shape index (κ1) is 21.9. The van der Waals surface area contributed by atoms with E-state index in [2.05, 4.69) is 18.9 Å². The van der Waals surface area contributed by atoms with Crippen LogP contribution in [0.15, 0.2) is 30.5 Å². The van der Waals surface area contributed by atoms with E-state index in [1.54, 1.807) is 6.20 Å². The molecular weight excluding hydrogens is 412 g/mol. The van der Waals surface area contributed by atoms with Crippen LogP contribution in [0.3, 0.4) is 0 Å². The minimum atomic E-state index is -0.0140. The van der Waals surface area contributed by atoms with Gasteiger partial charge < -0.3 is 9.80 Å². The molecule has 4 rings (SSSR count). The first-order chi connectivity index (χ1) is 14.9. The van der Waals surface area contributed by atoms with Crippen molar-refractivity contribution in [1.29, 1.82) is 0 Å². The molecule has 1 aliphatic carbocycles. The van der Waals surface area contributed by atoms with Crippen LogP contribution in [-0.4, -0.2) is 57.6 Å². The van der Waals surface area contributed by atoms with Gasteiger partial charge in [-0.1, -0.05) is 44.4 Å². The molecule has 0 radical (unpaired) electrons. The molecule has 6 nitrogen and oxygen atoms in total. The van der Waals surface area contributed by atoms with Crippen LogP contribution >= 0.6 is 11.6 Å². The van der Waals surface area contributed by atoms with Gasteiger partial charge in [-0.25, -0.2) is 4.68 Å². The number of hydrogen-bond acceptors (Lipinski definition) is 3. The van der Waals surface area contributed by atoms with Gasteiger partial charge in [0.05, 0.1) is 23.1 Å². The molecule has 2 amide bonds. The molecule has 1 aliphatic heterocycles. The summed E-state index contributed by atoms with van der Waals surface area (Å²) in [4.78, 5) is 29.7. The van der Waals surface area contributed by atoms with Gasteiger partial charge in [-0.15, -0.1) is 0 Å². The van der Waals surface area contributed by atoms with Gasteiger partial charge in [0, 0.05) is 37.6 Å². The quantitative estimate of drug-likeness (QED) is 0.684. The molecule has 1 saturated carbocycles. The van der Waals surface area contributed by atoms with E-state index in [9.17, 15) is 9.59 Å². The molecule has 0 bridgehead atoms. The average Bonchev–Trinajstić information content (AvgIpc) is 3.43. The van der Waals surface area contributed by atoms with Crippen LogP contribution in [0.4, 0.5) is 0 Å². The van der Waals surface area contributed by atoms with Crippen molar-refractivity contribution in [1.82, 2.24) is 19.6 Å². The molecule has 31 heavy (non-hydrogen) atoms. The van der Waals surface area contributed by atoms with Gasteiger partial charge in [-0.2, -0.15) is 5.10 Å². The normalized spacial score (nSPS) is 17.5. The van der Waals surface area contributed by atoms with E-state index in [0.29, 0.717) is 49.1 Å². The lowest BCUT2D eigenvalue weighted by molar-refractivity contribution is -0.133. The van der Waals surface area contributed by atoms with Gasteiger partial charge in [0.25, 0.3) is 5.91 Å². The maximum Gasteiger partial charge on any atom is 0.257 e. The number of nitrogens with zero attached hydrogens (tertiary/aromatic N) is 4. The van der Waals surface area contributed by atoms with Crippen molar-refractivity contribution in [3.05, 3.63) is 46.7 Å². The summed E-state index contributed by atoms with van der Waals surface area (Å²) in [5, 5.41) is 5.14. The fraction of sp³-hybridized carbons (Fsp3) is 0.542. The molecule has 0 unspecified atom stereocenters. The lowest BCUT2D eigenvalue weighted by Gasteiger charge is -2.35. The molecule has 0 spiro atoms. The van der Waals surface area contributed by atoms with E-state index in [4.69, 9.17) is 11.6 Å². The maximum absolute atomic E-state index is 13.3. The van der Waals surface area contributed by atoms with Gasteiger partial charge in [0.1, 0.15) is 0 Å². The van der Waals surface area contributed by atoms with Crippen molar-refractivity contribution in [2.45, 2.75) is 51.9 Å². The Balaban J connectivity index is 1.45. The Bertz CT molecular complexity index is 941. The number of hydrogen-bond donors (Lipinski definition) is 0. The summed E-state index contributed by atoms with van der Waals surface area (Å²) in [5.41, 5.74) is 2.35. The fourth-order valence-corrected chi connectivity index (χ4v) is 5.00. The van der Waals surface area contributed by atoms with Crippen LogP contribution in [0.2, 0.25) is 5.02 Å². The van der Waals surface area contributed by atoms with E-state index in [1.165, 1.54) is 25.7 Å². The topological polar surface area (TPSA) is 58.4 Å². The summed E-state index contributed by atoms with van der Waals surface area (Å²) in [6, 6.07) is 7.49. The van der Waals surface area contributed by atoms with E-state index >= 15 is 0 Å². The molecule has 2 fully saturated rings. The van der Waals surface area contributed by atoms with Crippen molar-refractivity contribution < 1.29 is 9.59 Å². The Labute approximate surface area is 189 Å². The highest BCUT2D eigenvalue weighted by Gasteiger charge is 2.30. The zero-order valence-electron chi connectivity index (χ0n) is 18.4. The number of carbonyl (C=O) groups excluding carboxylic acids is 2. The Hall–Kier alpha value is -2.34. The Morgan fingerprint density at radius 2 is 1.77 bits per heavy atom. The largest absolute Gasteiger partial charge is 0.339 e. The highest BCUT2D eigenvalue weighted by molar-refractivity contribution is 6.30. The molecule has 1 aromatic carbocycles. The van der Waals surface area contributed by atoms with Crippen molar-refractivity contribution >= 4 is 23.4 Å². The lowest BCUT2D eigenvalue weighted by Crippen LogP contribution is -2.51. The highest BCUT2D eigenvalue weighted by Crippen LogP contribution is 2.29. The zero-order chi connectivity index (χ0) is 22.0. The van der Waals surface area contributed by atoms with Crippen molar-refractivity contribution in [2.24, 2.45) is 5.92 Å². The van der Waals surface area contributed by atoms with E-state index < -0.39 is 0 Å². The third-order valence-corrected chi connectivity index (χ3v) is 6.73. The molecule has 7 heteroatoms. The number of aromatic nitrogens is 2. The van der Waals surface area contributed by atoms with E-state index in [1.807, 2.05) is 38.7 Å². The molecule has 2 aliphatic rings. The maximum atomic E-state index is 13.3. The number of rotatable bonds is 5. The first-order valence-corrected chi connectivity index (χ1v) is 11.7. The molecular formula is C24H31ClN4O2. The summed E-state index contributed by atoms with van der Waals surface area (Å²) in [7, 11) is 0. The van der Waals surface area contributed by atoms with E-state index in [-0.39, 0.29) is 17.7 Å². The molecule has 1 saturated heterocycles. The smallest absolute Gasteiger partial charge is 0.257 e. The molecule has 166 valence electrons. The van der Waals surface area contributed by atoms with Crippen molar-refractivity contribution in [3.8, 4) is 5.69 Å². The van der Waals surface area contributed by atoms with Gasteiger partial charge >= 0.3 is 0 Å². The summed E-state index contributed by atoms with van der Waals surface area (Å²) in [6.45, 7) is 6.47. The van der Waals surface area contributed by atoms with Gasteiger partial charge in [0.15, 0.2) is 0 Å². The molecule has 0 atom stereocenters. The predicted molar refractivity (Wildman–Crippen MR) is 122 cm³/mol. The van der Waals surface area contributed by atoms with Crippen molar-refractivity contribution in [2.75, 3.05) is 26.2 Å². The first-order valence-electron chi connectivity index (χ1n) is 11.3. The Morgan fingerprint density at radius 3 is 2.42 bits per heavy atom. The van der Waals surface area contributed by atoms with Crippen molar-refractivity contribution in [3.63, 3.8) is 0 Å². The molecule has 0 N–H and O–H groups in total. The SMILES string of the molecule is CC(C)c1c(C(=O)N2CCN(C(=O)CC3CCCC3)CC2)cnn1-c1cccc(Cl)c1. The predicted octanol–water partition coefficient (Wildman–Crippen LogP) is 4.51. The number of piperazine rings is 1. The van der Waals surface area contributed by atoms with Crippen LogP contribution in [0.25, 0.3) is 5.69 Å². The van der Waals surface area contributed by atoms with Crippen LogP contribution in [-0.2, 0) is 4.79 Å². The summed E-state index contributed by atoms with van der Waals surface area (Å²) in [6.07, 6.45) is 7.19. The minimum Gasteiger partial charge on any atom is -0.339 e. The monoisotopic (exact) mass is 442 g/mol. The lowest BCUT2D eigenvalue weighted by atomic mass is 10.0. The minimum absolute atomic E-state index is 0.0140. The number of benzene rings is 1. The average molecular weight is 443 g/mol. The molecule has 2 aromatic rings.